The van der Waals surface area contributed by atoms with E-state index in [1.807, 2.05) is 0 Å². The van der Waals surface area contributed by atoms with E-state index >= 15 is 0 Å². The Hall–Kier alpha value is -0.840. The summed E-state index contributed by atoms with van der Waals surface area (Å²) in [6.07, 6.45) is -3.86. The van der Waals surface area contributed by atoms with E-state index in [0.717, 1.165) is 24.3 Å². The molecule has 0 amide bonds. The molecule has 0 aliphatic carbocycles. The Labute approximate surface area is 87.7 Å². The number of benzene rings is 1. The van der Waals surface area contributed by atoms with Crippen molar-refractivity contribution in [3.63, 3.8) is 0 Å². The molecule has 1 unspecified atom stereocenters. The number of halogens is 6. The molecule has 15 heavy (non-hydrogen) atoms. The number of hydrogen-bond acceptors (Lipinski definition) is 0. The Morgan fingerprint density at radius 3 is 1.93 bits per heavy atom. The lowest BCUT2D eigenvalue weighted by atomic mass is 10.1. The quantitative estimate of drug-likeness (QED) is 0.557. The molecule has 0 aliphatic heterocycles. The van der Waals surface area contributed by atoms with E-state index in [9.17, 15) is 22.0 Å². The molecule has 0 nitrogen and oxygen atoms in total. The maximum absolute atomic E-state index is 12.8. The largest absolute Gasteiger partial charge is 0.327 e. The van der Waals surface area contributed by atoms with Gasteiger partial charge in [-0.3, -0.25) is 0 Å². The van der Waals surface area contributed by atoms with Crippen molar-refractivity contribution >= 4 is 11.6 Å². The van der Waals surface area contributed by atoms with Crippen LogP contribution in [-0.4, -0.2) is 12.3 Å². The van der Waals surface area contributed by atoms with E-state index in [-0.39, 0.29) is 5.56 Å². The molecule has 6 heteroatoms. The Morgan fingerprint density at radius 1 is 1.07 bits per heavy atom. The van der Waals surface area contributed by atoms with Crippen molar-refractivity contribution in [2.45, 2.75) is 17.7 Å². The lowest BCUT2D eigenvalue weighted by Crippen LogP contribution is -2.31. The molecular weight excluding hydrogens is 239 g/mol. The smallest absolute Gasteiger partial charge is 0.207 e. The molecule has 0 saturated heterocycles. The summed E-state index contributed by atoms with van der Waals surface area (Å²) in [7, 11) is 0. The van der Waals surface area contributed by atoms with Gasteiger partial charge in [-0.2, -0.15) is 8.78 Å². The third kappa shape index (κ3) is 2.59. The lowest BCUT2D eigenvalue weighted by Gasteiger charge is -2.21. The summed E-state index contributed by atoms with van der Waals surface area (Å²) in [4.78, 5) is 0. The van der Waals surface area contributed by atoms with Gasteiger partial charge in [0.1, 0.15) is 11.2 Å². The number of hydrogen-bond donors (Lipinski definition) is 0. The van der Waals surface area contributed by atoms with Crippen LogP contribution < -0.4 is 0 Å². The molecule has 0 saturated carbocycles. The van der Waals surface area contributed by atoms with Crippen LogP contribution in [0.15, 0.2) is 24.3 Å². The van der Waals surface area contributed by atoms with Gasteiger partial charge in [0, 0.05) is 0 Å². The van der Waals surface area contributed by atoms with Crippen molar-refractivity contribution in [1.29, 1.82) is 0 Å². The summed E-state index contributed by atoms with van der Waals surface area (Å²) in [5, 5.41) is -2.17. The monoisotopic (exact) mass is 244 g/mol. The van der Waals surface area contributed by atoms with Crippen molar-refractivity contribution in [2.75, 3.05) is 0 Å². The first-order chi connectivity index (χ1) is 6.85. The minimum atomic E-state index is -4.33. The minimum absolute atomic E-state index is 0.247. The van der Waals surface area contributed by atoms with Crippen LogP contribution in [0.4, 0.5) is 22.0 Å². The van der Waals surface area contributed by atoms with Crippen molar-refractivity contribution in [3.05, 3.63) is 35.6 Å². The highest BCUT2D eigenvalue weighted by Crippen LogP contribution is 2.41. The van der Waals surface area contributed by atoms with E-state index in [4.69, 9.17) is 11.6 Å². The predicted molar refractivity (Wildman–Crippen MR) is 45.9 cm³/mol. The first-order valence-electron chi connectivity index (χ1n) is 3.91. The van der Waals surface area contributed by atoms with Crippen molar-refractivity contribution < 1.29 is 22.0 Å². The summed E-state index contributed by atoms with van der Waals surface area (Å²) >= 11 is 5.19. The topological polar surface area (TPSA) is 0 Å². The first-order valence-corrected chi connectivity index (χ1v) is 4.35. The molecule has 0 aliphatic rings. The Kier molecular flexibility index (Phi) is 3.54. The van der Waals surface area contributed by atoms with Crippen molar-refractivity contribution in [1.82, 2.24) is 0 Å². The zero-order valence-corrected chi connectivity index (χ0v) is 7.99. The van der Waals surface area contributed by atoms with Gasteiger partial charge in [-0.15, -0.1) is 11.6 Å². The molecule has 1 aromatic rings. The molecule has 84 valence electrons. The van der Waals surface area contributed by atoms with Gasteiger partial charge in [-0.05, 0) is 17.7 Å². The normalized spacial score (nSPS) is 14.3. The molecule has 1 atom stereocenters. The molecule has 1 aromatic carbocycles. The van der Waals surface area contributed by atoms with Gasteiger partial charge in [0.05, 0.1) is 0 Å². The van der Waals surface area contributed by atoms with Gasteiger partial charge in [0.2, 0.25) is 0 Å². The van der Waals surface area contributed by atoms with Gasteiger partial charge < -0.3 is 0 Å². The average molecular weight is 245 g/mol. The summed E-state index contributed by atoms with van der Waals surface area (Å²) in [6.45, 7) is 0. The van der Waals surface area contributed by atoms with E-state index < -0.39 is 23.5 Å². The predicted octanol–water partition coefficient (Wildman–Crippen LogP) is 4.01. The Morgan fingerprint density at radius 2 is 1.53 bits per heavy atom. The van der Waals surface area contributed by atoms with Crippen LogP contribution in [-0.2, 0) is 0 Å². The molecule has 1 rings (SSSR count). The van der Waals surface area contributed by atoms with Crippen LogP contribution in [0.2, 0.25) is 0 Å². The fourth-order valence-corrected chi connectivity index (χ4v) is 1.21. The van der Waals surface area contributed by atoms with Crippen LogP contribution in [0.1, 0.15) is 10.9 Å². The molecule has 0 heterocycles. The van der Waals surface area contributed by atoms with Crippen LogP contribution >= 0.6 is 11.6 Å². The van der Waals surface area contributed by atoms with Crippen LogP contribution in [0, 0.1) is 5.82 Å². The van der Waals surface area contributed by atoms with E-state index in [1.54, 1.807) is 0 Å². The first kappa shape index (κ1) is 12.2. The minimum Gasteiger partial charge on any atom is -0.207 e. The number of rotatable bonds is 3. The van der Waals surface area contributed by atoms with Crippen molar-refractivity contribution in [2.24, 2.45) is 0 Å². The van der Waals surface area contributed by atoms with E-state index in [2.05, 4.69) is 0 Å². The zero-order valence-electron chi connectivity index (χ0n) is 7.23. The highest BCUT2D eigenvalue weighted by molar-refractivity contribution is 6.21. The molecule has 0 N–H and O–H groups in total. The molecule has 0 bridgehead atoms. The maximum Gasteiger partial charge on any atom is 0.327 e. The van der Waals surface area contributed by atoms with E-state index in [0.29, 0.717) is 0 Å². The summed E-state index contributed by atoms with van der Waals surface area (Å²) in [5.74, 6) is -4.98. The second kappa shape index (κ2) is 4.35. The molecule has 0 radical (unpaired) electrons. The highest BCUT2D eigenvalue weighted by Gasteiger charge is 2.48. The SMILES string of the molecule is Fc1ccc(C(Cl)C(F)(F)C(F)F)cc1. The van der Waals surface area contributed by atoms with Crippen molar-refractivity contribution in [3.8, 4) is 0 Å². The molecule has 0 fully saturated rings. The number of alkyl halides is 5. The highest BCUT2D eigenvalue weighted by atomic mass is 35.5. The van der Waals surface area contributed by atoms with E-state index in [1.165, 1.54) is 0 Å². The fourth-order valence-electron chi connectivity index (χ4n) is 0.965. The molecule has 0 aromatic heterocycles. The van der Waals surface area contributed by atoms with Gasteiger partial charge >= 0.3 is 12.3 Å². The third-order valence-corrected chi connectivity index (χ3v) is 2.33. The zero-order chi connectivity index (χ0) is 11.6. The van der Waals surface area contributed by atoms with Gasteiger partial charge in [0.25, 0.3) is 0 Å². The van der Waals surface area contributed by atoms with Gasteiger partial charge in [0.15, 0.2) is 0 Å². The Balaban J connectivity index is 2.94. The third-order valence-electron chi connectivity index (χ3n) is 1.79. The Bertz CT molecular complexity index is 322. The molecule has 0 spiro atoms. The molecular formula is C9H6ClF5. The fraction of sp³-hybridized carbons (Fsp3) is 0.333. The van der Waals surface area contributed by atoms with Gasteiger partial charge in [-0.25, -0.2) is 13.2 Å². The van der Waals surface area contributed by atoms with Crippen LogP contribution in [0.3, 0.4) is 0 Å². The van der Waals surface area contributed by atoms with Crippen LogP contribution in [0.25, 0.3) is 0 Å². The second-order valence-corrected chi connectivity index (χ2v) is 3.33. The average Bonchev–Trinajstić information content (AvgIpc) is 2.17. The second-order valence-electron chi connectivity index (χ2n) is 2.89. The summed E-state index contributed by atoms with van der Waals surface area (Å²) in [6, 6.07) is 3.66. The lowest BCUT2D eigenvalue weighted by molar-refractivity contribution is -0.130. The standard InChI is InChI=1S/C9H6ClF5/c10-7(9(14,15)8(12)13)5-1-3-6(11)4-2-5/h1-4,7-8H. The van der Waals surface area contributed by atoms with Crippen LogP contribution in [0.5, 0.6) is 0 Å². The summed E-state index contributed by atoms with van der Waals surface area (Å²) < 4.78 is 61.8. The maximum atomic E-state index is 12.8. The summed E-state index contributed by atoms with van der Waals surface area (Å²) in [5.41, 5.74) is -0.247. The van der Waals surface area contributed by atoms with Gasteiger partial charge in [-0.1, -0.05) is 12.1 Å².